The predicted molar refractivity (Wildman–Crippen MR) is 76.7 cm³/mol. The van der Waals surface area contributed by atoms with Crippen LogP contribution in [0.2, 0.25) is 0 Å². The molecule has 21 heavy (non-hydrogen) atoms. The highest BCUT2D eigenvalue weighted by atomic mass is 19.1. The van der Waals surface area contributed by atoms with Crippen molar-refractivity contribution in [3.05, 3.63) is 30.1 Å². The lowest BCUT2D eigenvalue weighted by Gasteiger charge is -2.34. The van der Waals surface area contributed by atoms with Gasteiger partial charge < -0.3 is 10.0 Å². The first-order chi connectivity index (χ1) is 10.0. The number of hydrogen-bond acceptors (Lipinski definition) is 2. The molecule has 1 N–H and O–H groups in total. The monoisotopic (exact) mass is 294 g/mol. The summed E-state index contributed by atoms with van der Waals surface area (Å²) in [5, 5.41) is 9.09. The number of benzene rings is 1. The van der Waals surface area contributed by atoms with Crippen molar-refractivity contribution in [3.8, 4) is 0 Å². The van der Waals surface area contributed by atoms with Crippen LogP contribution < -0.4 is 4.90 Å². The molecule has 1 heterocycles. The van der Waals surface area contributed by atoms with Crippen molar-refractivity contribution in [1.82, 2.24) is 4.90 Å². The number of carbonyl (C=O) groups is 2. The molecule has 0 spiro atoms. The van der Waals surface area contributed by atoms with Gasteiger partial charge in [-0.15, -0.1) is 0 Å². The van der Waals surface area contributed by atoms with Crippen LogP contribution in [-0.2, 0) is 4.79 Å². The molecule has 1 atom stereocenters. The summed E-state index contributed by atoms with van der Waals surface area (Å²) in [6, 6.07) is 5.58. The zero-order valence-corrected chi connectivity index (χ0v) is 12.0. The molecular weight excluding hydrogens is 275 g/mol. The van der Waals surface area contributed by atoms with E-state index in [1.54, 1.807) is 19.1 Å². The molecule has 1 fully saturated rings. The van der Waals surface area contributed by atoms with Gasteiger partial charge in [-0.1, -0.05) is 6.07 Å². The number of carbonyl (C=O) groups excluding carboxylic acids is 1. The zero-order valence-electron chi connectivity index (χ0n) is 12.0. The summed E-state index contributed by atoms with van der Waals surface area (Å²) in [6.07, 6.45) is 1.26. The summed E-state index contributed by atoms with van der Waals surface area (Å²) < 4.78 is 13.3. The van der Waals surface area contributed by atoms with Crippen LogP contribution in [-0.4, -0.2) is 41.6 Å². The number of halogens is 1. The molecule has 0 aliphatic carbocycles. The summed E-state index contributed by atoms with van der Waals surface area (Å²) in [7, 11) is 0. The molecule has 1 unspecified atom stereocenters. The third-order valence-corrected chi connectivity index (χ3v) is 3.71. The van der Waals surface area contributed by atoms with Gasteiger partial charge in [-0.25, -0.2) is 9.18 Å². The van der Waals surface area contributed by atoms with Crippen LogP contribution in [0.5, 0.6) is 0 Å². The Balaban J connectivity index is 2.14. The molecule has 5 nitrogen and oxygen atoms in total. The Labute approximate surface area is 123 Å². The molecule has 0 bridgehead atoms. The van der Waals surface area contributed by atoms with Crippen molar-refractivity contribution in [2.24, 2.45) is 5.92 Å². The molecule has 2 amide bonds. The highest BCUT2D eigenvalue weighted by molar-refractivity contribution is 5.92. The van der Waals surface area contributed by atoms with Gasteiger partial charge in [0.05, 0.1) is 5.92 Å². The molecule has 0 saturated carbocycles. The van der Waals surface area contributed by atoms with E-state index in [0.29, 0.717) is 31.6 Å². The normalized spacial score (nSPS) is 18.4. The second-order valence-electron chi connectivity index (χ2n) is 5.13. The van der Waals surface area contributed by atoms with Crippen LogP contribution in [0.1, 0.15) is 19.8 Å². The Morgan fingerprint density at radius 1 is 1.48 bits per heavy atom. The number of likely N-dealkylation sites (tertiary alicyclic amines) is 1. The number of hydrogen-bond donors (Lipinski definition) is 1. The first kappa shape index (κ1) is 15.3. The number of nitrogens with zero attached hydrogens (tertiary/aromatic N) is 2. The van der Waals surface area contributed by atoms with E-state index in [0.717, 1.165) is 0 Å². The van der Waals surface area contributed by atoms with Gasteiger partial charge >= 0.3 is 12.0 Å². The van der Waals surface area contributed by atoms with Gasteiger partial charge in [0.15, 0.2) is 0 Å². The molecule has 6 heteroatoms. The van der Waals surface area contributed by atoms with Crippen molar-refractivity contribution in [2.45, 2.75) is 19.8 Å². The fourth-order valence-corrected chi connectivity index (χ4v) is 2.60. The average Bonchev–Trinajstić information content (AvgIpc) is 2.48. The van der Waals surface area contributed by atoms with Crippen molar-refractivity contribution in [1.29, 1.82) is 0 Å². The first-order valence-corrected chi connectivity index (χ1v) is 7.07. The van der Waals surface area contributed by atoms with Gasteiger partial charge in [0.2, 0.25) is 0 Å². The molecule has 1 aromatic carbocycles. The summed E-state index contributed by atoms with van der Waals surface area (Å²) >= 11 is 0. The summed E-state index contributed by atoms with van der Waals surface area (Å²) in [4.78, 5) is 26.6. The number of carboxylic acid groups (broad SMARTS) is 1. The summed E-state index contributed by atoms with van der Waals surface area (Å²) in [5.41, 5.74) is 0.486. The van der Waals surface area contributed by atoms with Gasteiger partial charge in [0, 0.05) is 25.3 Å². The number of carboxylic acids is 1. The van der Waals surface area contributed by atoms with Crippen LogP contribution in [0.4, 0.5) is 14.9 Å². The minimum Gasteiger partial charge on any atom is -0.481 e. The van der Waals surface area contributed by atoms with Crippen LogP contribution >= 0.6 is 0 Å². The molecular formula is C15H19FN2O3. The summed E-state index contributed by atoms with van der Waals surface area (Å²) in [5.74, 6) is -1.80. The van der Waals surface area contributed by atoms with E-state index in [4.69, 9.17) is 5.11 Å². The Kier molecular flexibility index (Phi) is 4.77. The third kappa shape index (κ3) is 3.51. The van der Waals surface area contributed by atoms with Gasteiger partial charge in [-0.2, -0.15) is 0 Å². The molecule has 1 saturated heterocycles. The van der Waals surface area contributed by atoms with E-state index >= 15 is 0 Å². The third-order valence-electron chi connectivity index (χ3n) is 3.71. The van der Waals surface area contributed by atoms with E-state index in [2.05, 4.69) is 0 Å². The maximum absolute atomic E-state index is 13.3. The van der Waals surface area contributed by atoms with E-state index in [1.807, 2.05) is 0 Å². The smallest absolute Gasteiger partial charge is 0.324 e. The van der Waals surface area contributed by atoms with Crippen molar-refractivity contribution in [2.75, 3.05) is 24.5 Å². The lowest BCUT2D eigenvalue weighted by Crippen LogP contribution is -2.49. The second kappa shape index (κ2) is 6.56. The number of aliphatic carboxylic acids is 1. The van der Waals surface area contributed by atoms with Crippen molar-refractivity contribution >= 4 is 17.7 Å². The SMILES string of the molecule is CCN(C(=O)N1CCCC(C(=O)O)C1)c1cccc(F)c1. The fraction of sp³-hybridized carbons (Fsp3) is 0.467. The maximum atomic E-state index is 13.3. The predicted octanol–water partition coefficient (Wildman–Crippen LogP) is 2.57. The van der Waals surface area contributed by atoms with Crippen LogP contribution in [0.15, 0.2) is 24.3 Å². The van der Waals surface area contributed by atoms with Gasteiger partial charge in [0.1, 0.15) is 5.82 Å². The van der Waals surface area contributed by atoms with E-state index in [-0.39, 0.29) is 12.6 Å². The Morgan fingerprint density at radius 2 is 2.24 bits per heavy atom. The van der Waals surface area contributed by atoms with Gasteiger partial charge in [0.25, 0.3) is 0 Å². The highest BCUT2D eigenvalue weighted by Gasteiger charge is 2.30. The quantitative estimate of drug-likeness (QED) is 0.932. The van der Waals surface area contributed by atoms with E-state index in [1.165, 1.54) is 21.9 Å². The Bertz CT molecular complexity index is 535. The molecule has 1 aliphatic heterocycles. The first-order valence-electron chi connectivity index (χ1n) is 7.07. The standard InChI is InChI=1S/C15H19FN2O3/c1-2-18(13-7-3-6-12(16)9-13)15(21)17-8-4-5-11(10-17)14(19)20/h3,6-7,9,11H,2,4-5,8,10H2,1H3,(H,19,20). The minimum absolute atomic E-state index is 0.208. The Morgan fingerprint density at radius 3 is 2.86 bits per heavy atom. The number of anilines is 1. The molecule has 0 aromatic heterocycles. The molecule has 1 aromatic rings. The van der Waals surface area contributed by atoms with Crippen LogP contribution in [0, 0.1) is 11.7 Å². The van der Waals surface area contributed by atoms with Gasteiger partial charge in [-0.05, 0) is 38.0 Å². The zero-order chi connectivity index (χ0) is 15.4. The summed E-state index contributed by atoms with van der Waals surface area (Å²) in [6.45, 7) is 2.95. The molecule has 1 aliphatic rings. The van der Waals surface area contributed by atoms with E-state index < -0.39 is 17.7 Å². The number of urea groups is 1. The van der Waals surface area contributed by atoms with Crippen molar-refractivity contribution < 1.29 is 19.1 Å². The molecule has 0 radical (unpaired) electrons. The second-order valence-corrected chi connectivity index (χ2v) is 5.13. The number of piperidine rings is 1. The van der Waals surface area contributed by atoms with Crippen LogP contribution in [0.3, 0.4) is 0 Å². The number of amides is 2. The number of rotatable bonds is 3. The van der Waals surface area contributed by atoms with Gasteiger partial charge in [-0.3, -0.25) is 9.69 Å². The highest BCUT2D eigenvalue weighted by Crippen LogP contribution is 2.21. The van der Waals surface area contributed by atoms with Crippen LogP contribution in [0.25, 0.3) is 0 Å². The Hall–Kier alpha value is -2.11. The maximum Gasteiger partial charge on any atom is 0.324 e. The fourth-order valence-electron chi connectivity index (χ4n) is 2.60. The average molecular weight is 294 g/mol. The largest absolute Gasteiger partial charge is 0.481 e. The minimum atomic E-state index is -0.874. The van der Waals surface area contributed by atoms with E-state index in [9.17, 15) is 14.0 Å². The topological polar surface area (TPSA) is 60.9 Å². The van der Waals surface area contributed by atoms with Crippen molar-refractivity contribution in [3.63, 3.8) is 0 Å². The molecule has 2 rings (SSSR count). The lowest BCUT2D eigenvalue weighted by atomic mass is 9.98. The molecule has 114 valence electrons. The lowest BCUT2D eigenvalue weighted by molar-refractivity contribution is -0.143.